The quantitative estimate of drug-likeness (QED) is 0.749. The molecule has 0 saturated heterocycles. The summed E-state index contributed by atoms with van der Waals surface area (Å²) in [6, 6.07) is 2.07. The third-order valence-corrected chi connectivity index (χ3v) is 2.57. The molecule has 0 atom stereocenters. The molecule has 0 unspecified atom stereocenters. The standard InChI is InChI=1S/C10H11BrO/c1-2-3-7-4-5-9-8(7)6-10(11)12-9/h4,6H,2-3,5H2,1H3. The SMILES string of the molecule is CCCC1=CCc2oc(Br)cc21. The molecule has 0 radical (unpaired) electrons. The van der Waals surface area contributed by atoms with Crippen LogP contribution in [0.2, 0.25) is 0 Å². The molecule has 0 spiro atoms. The van der Waals surface area contributed by atoms with E-state index in [1.54, 1.807) is 0 Å². The highest BCUT2D eigenvalue weighted by atomic mass is 79.9. The van der Waals surface area contributed by atoms with Crippen molar-refractivity contribution in [2.75, 3.05) is 0 Å². The van der Waals surface area contributed by atoms with E-state index in [1.165, 1.54) is 24.0 Å². The lowest BCUT2D eigenvalue weighted by atomic mass is 10.1. The Labute approximate surface area is 80.6 Å². The normalized spacial score (nSPS) is 14.7. The van der Waals surface area contributed by atoms with E-state index in [0.29, 0.717) is 0 Å². The van der Waals surface area contributed by atoms with Crippen molar-refractivity contribution < 1.29 is 4.42 Å². The minimum atomic E-state index is 0.856. The van der Waals surface area contributed by atoms with Gasteiger partial charge in [0.1, 0.15) is 5.76 Å². The van der Waals surface area contributed by atoms with Crippen LogP contribution in [0.15, 0.2) is 21.2 Å². The molecule has 2 rings (SSSR count). The van der Waals surface area contributed by atoms with Gasteiger partial charge in [-0.05, 0) is 34.0 Å². The summed E-state index contributed by atoms with van der Waals surface area (Å²) in [5, 5.41) is 0. The van der Waals surface area contributed by atoms with Gasteiger partial charge in [0, 0.05) is 12.0 Å². The zero-order valence-electron chi connectivity index (χ0n) is 7.06. The third kappa shape index (κ3) is 1.24. The van der Waals surface area contributed by atoms with E-state index in [0.717, 1.165) is 16.9 Å². The molecule has 2 heteroatoms. The monoisotopic (exact) mass is 226 g/mol. The first kappa shape index (κ1) is 8.11. The highest BCUT2D eigenvalue weighted by Gasteiger charge is 2.17. The van der Waals surface area contributed by atoms with E-state index in [-0.39, 0.29) is 0 Å². The first-order chi connectivity index (χ1) is 5.81. The van der Waals surface area contributed by atoms with Gasteiger partial charge in [0.05, 0.1) is 0 Å². The summed E-state index contributed by atoms with van der Waals surface area (Å²) in [6.07, 6.45) is 5.60. The van der Waals surface area contributed by atoms with E-state index in [4.69, 9.17) is 4.42 Å². The molecular formula is C10H11BrO. The van der Waals surface area contributed by atoms with Crippen LogP contribution in [0.25, 0.3) is 5.57 Å². The molecule has 1 heterocycles. The number of halogens is 1. The van der Waals surface area contributed by atoms with Gasteiger partial charge >= 0.3 is 0 Å². The predicted octanol–water partition coefficient (Wildman–Crippen LogP) is 3.78. The fraction of sp³-hybridized carbons (Fsp3) is 0.400. The van der Waals surface area contributed by atoms with E-state index in [2.05, 4.69) is 35.0 Å². The van der Waals surface area contributed by atoms with Crippen LogP contribution in [0.1, 0.15) is 31.1 Å². The second kappa shape index (κ2) is 3.09. The molecule has 0 aromatic carbocycles. The number of hydrogen-bond donors (Lipinski definition) is 0. The van der Waals surface area contributed by atoms with Gasteiger partial charge < -0.3 is 4.42 Å². The molecule has 1 aliphatic carbocycles. The van der Waals surface area contributed by atoms with Crippen LogP contribution >= 0.6 is 15.9 Å². The predicted molar refractivity (Wildman–Crippen MR) is 53.0 cm³/mol. The Kier molecular flexibility index (Phi) is 2.09. The van der Waals surface area contributed by atoms with Gasteiger partial charge in [-0.15, -0.1) is 0 Å². The number of allylic oxidation sites excluding steroid dienone is 2. The minimum absolute atomic E-state index is 0.856. The molecule has 1 aromatic heterocycles. The first-order valence-corrected chi connectivity index (χ1v) is 5.08. The van der Waals surface area contributed by atoms with E-state index >= 15 is 0 Å². The molecule has 0 saturated carbocycles. The third-order valence-electron chi connectivity index (χ3n) is 2.18. The fourth-order valence-corrected chi connectivity index (χ4v) is 2.08. The van der Waals surface area contributed by atoms with Crippen molar-refractivity contribution in [2.24, 2.45) is 0 Å². The van der Waals surface area contributed by atoms with Crippen LogP contribution in [0.4, 0.5) is 0 Å². The molecule has 1 aromatic rings. The molecule has 0 N–H and O–H groups in total. The molecular weight excluding hydrogens is 216 g/mol. The zero-order chi connectivity index (χ0) is 8.55. The number of fused-ring (bicyclic) bond motifs is 1. The van der Waals surface area contributed by atoms with Crippen molar-refractivity contribution in [3.05, 3.63) is 28.1 Å². The van der Waals surface area contributed by atoms with Crippen LogP contribution in [-0.2, 0) is 6.42 Å². The maximum absolute atomic E-state index is 5.47. The van der Waals surface area contributed by atoms with Crippen molar-refractivity contribution in [1.82, 2.24) is 0 Å². The Balaban J connectivity index is 2.31. The lowest BCUT2D eigenvalue weighted by Crippen LogP contribution is -1.77. The van der Waals surface area contributed by atoms with Crippen molar-refractivity contribution in [3.8, 4) is 0 Å². The van der Waals surface area contributed by atoms with Crippen molar-refractivity contribution in [1.29, 1.82) is 0 Å². The lowest BCUT2D eigenvalue weighted by molar-refractivity contribution is 0.501. The van der Waals surface area contributed by atoms with Crippen molar-refractivity contribution in [3.63, 3.8) is 0 Å². The van der Waals surface area contributed by atoms with Crippen LogP contribution in [0, 0.1) is 0 Å². The molecule has 1 aliphatic rings. The van der Waals surface area contributed by atoms with Crippen LogP contribution in [0.3, 0.4) is 0 Å². The summed E-state index contributed by atoms with van der Waals surface area (Å²) in [4.78, 5) is 0. The molecule has 0 bridgehead atoms. The van der Waals surface area contributed by atoms with Crippen LogP contribution in [-0.4, -0.2) is 0 Å². The van der Waals surface area contributed by atoms with Crippen LogP contribution in [0.5, 0.6) is 0 Å². The van der Waals surface area contributed by atoms with Gasteiger partial charge in [0.25, 0.3) is 0 Å². The van der Waals surface area contributed by atoms with Gasteiger partial charge in [0.15, 0.2) is 4.67 Å². The highest BCUT2D eigenvalue weighted by molar-refractivity contribution is 9.10. The Morgan fingerprint density at radius 3 is 3.17 bits per heavy atom. The molecule has 12 heavy (non-hydrogen) atoms. The minimum Gasteiger partial charge on any atom is -0.453 e. The summed E-state index contributed by atoms with van der Waals surface area (Å²) in [7, 11) is 0. The summed E-state index contributed by atoms with van der Waals surface area (Å²) >= 11 is 3.34. The molecule has 1 nitrogen and oxygen atoms in total. The number of rotatable bonds is 2. The van der Waals surface area contributed by atoms with Gasteiger partial charge in [-0.25, -0.2) is 0 Å². The van der Waals surface area contributed by atoms with Gasteiger partial charge in [-0.3, -0.25) is 0 Å². The molecule has 0 aliphatic heterocycles. The summed E-state index contributed by atoms with van der Waals surface area (Å²) in [5.74, 6) is 1.12. The average Bonchev–Trinajstić information content (AvgIpc) is 2.52. The topological polar surface area (TPSA) is 13.1 Å². The highest BCUT2D eigenvalue weighted by Crippen LogP contribution is 2.34. The maximum Gasteiger partial charge on any atom is 0.170 e. The second-order valence-corrected chi connectivity index (χ2v) is 3.85. The average molecular weight is 227 g/mol. The molecule has 64 valence electrons. The summed E-state index contributed by atoms with van der Waals surface area (Å²) < 4.78 is 6.32. The van der Waals surface area contributed by atoms with E-state index in [9.17, 15) is 0 Å². The van der Waals surface area contributed by atoms with Crippen molar-refractivity contribution >= 4 is 21.5 Å². The largest absolute Gasteiger partial charge is 0.453 e. The van der Waals surface area contributed by atoms with Crippen LogP contribution < -0.4 is 0 Å². The molecule has 0 fully saturated rings. The van der Waals surface area contributed by atoms with Crippen molar-refractivity contribution in [2.45, 2.75) is 26.2 Å². The Morgan fingerprint density at radius 2 is 2.42 bits per heavy atom. The van der Waals surface area contributed by atoms with E-state index < -0.39 is 0 Å². The van der Waals surface area contributed by atoms with Gasteiger partial charge in [0.2, 0.25) is 0 Å². The zero-order valence-corrected chi connectivity index (χ0v) is 8.65. The number of hydrogen-bond acceptors (Lipinski definition) is 1. The molecule has 0 amide bonds. The Hall–Kier alpha value is -0.500. The first-order valence-electron chi connectivity index (χ1n) is 4.29. The van der Waals surface area contributed by atoms with E-state index in [1.807, 2.05) is 0 Å². The summed E-state index contributed by atoms with van der Waals surface area (Å²) in [6.45, 7) is 2.20. The van der Waals surface area contributed by atoms with Gasteiger partial charge in [-0.2, -0.15) is 0 Å². The second-order valence-electron chi connectivity index (χ2n) is 3.07. The van der Waals surface area contributed by atoms with Gasteiger partial charge in [-0.1, -0.05) is 19.4 Å². The Bertz CT molecular complexity index is 323. The smallest absolute Gasteiger partial charge is 0.170 e. The lowest BCUT2D eigenvalue weighted by Gasteiger charge is -1.96. The fourth-order valence-electron chi connectivity index (χ4n) is 1.65. The Morgan fingerprint density at radius 1 is 1.58 bits per heavy atom. The number of furan rings is 1. The maximum atomic E-state index is 5.47. The summed E-state index contributed by atoms with van der Waals surface area (Å²) in [5.41, 5.74) is 2.76.